The Morgan fingerprint density at radius 2 is 1.87 bits per heavy atom. The van der Waals surface area contributed by atoms with E-state index in [1.54, 1.807) is 4.90 Å². The van der Waals surface area contributed by atoms with Crippen molar-refractivity contribution in [3.05, 3.63) is 34.8 Å². The molecule has 8 heteroatoms. The van der Waals surface area contributed by atoms with Gasteiger partial charge in [0.05, 0.1) is 17.3 Å². The molecule has 5 rings (SSSR count). The van der Waals surface area contributed by atoms with Crippen molar-refractivity contribution in [3.8, 4) is 0 Å². The van der Waals surface area contributed by atoms with Crippen LogP contribution in [-0.4, -0.2) is 45.0 Å². The largest absolute Gasteiger partial charge is 0.444 e. The summed E-state index contributed by atoms with van der Waals surface area (Å²) in [6.45, 7) is 10.7. The number of aromatic nitrogens is 2. The minimum absolute atomic E-state index is 0.0387. The molecule has 4 heterocycles. The molecule has 3 fully saturated rings. The monoisotopic (exact) mass is 476 g/mol. The molecule has 3 atom stereocenters. The van der Waals surface area contributed by atoms with Crippen molar-refractivity contribution in [2.45, 2.75) is 52.2 Å². The van der Waals surface area contributed by atoms with Gasteiger partial charge in [-0.25, -0.2) is 9.78 Å². The Labute approximate surface area is 185 Å². The van der Waals surface area contributed by atoms with E-state index < -0.39 is 11.1 Å². The Bertz CT molecular complexity index is 982. The van der Waals surface area contributed by atoms with E-state index in [4.69, 9.17) is 4.74 Å². The third-order valence-corrected chi connectivity index (χ3v) is 6.67. The van der Waals surface area contributed by atoms with Crippen molar-refractivity contribution in [1.82, 2.24) is 19.6 Å². The van der Waals surface area contributed by atoms with Crippen LogP contribution in [0.5, 0.6) is 0 Å². The summed E-state index contributed by atoms with van der Waals surface area (Å²) in [5, 5.41) is 3.21. The van der Waals surface area contributed by atoms with Crippen LogP contribution in [0.2, 0.25) is 0 Å². The summed E-state index contributed by atoms with van der Waals surface area (Å²) in [4.78, 5) is 31.9. The molecule has 1 saturated carbocycles. The predicted molar refractivity (Wildman–Crippen MR) is 117 cm³/mol. The first-order valence-corrected chi connectivity index (χ1v) is 11.2. The molecule has 30 heavy (non-hydrogen) atoms. The molecule has 1 aliphatic carbocycles. The number of nitrogens with one attached hydrogen (secondary N) is 1. The number of imidazole rings is 1. The fourth-order valence-corrected chi connectivity index (χ4v) is 5.13. The van der Waals surface area contributed by atoms with Crippen LogP contribution >= 0.6 is 15.9 Å². The maximum Gasteiger partial charge on any atom is 0.410 e. The number of halogens is 1. The van der Waals surface area contributed by atoms with Crippen LogP contribution in [-0.2, 0) is 15.1 Å². The second-order valence-corrected chi connectivity index (χ2v) is 10.8. The Kier molecular flexibility index (Phi) is 5.11. The van der Waals surface area contributed by atoms with Gasteiger partial charge in [0.15, 0.2) is 0 Å². The summed E-state index contributed by atoms with van der Waals surface area (Å²) in [6, 6.07) is 3.92. The first-order chi connectivity index (χ1) is 14.0. The van der Waals surface area contributed by atoms with Gasteiger partial charge in [0.2, 0.25) is 5.91 Å². The molecule has 2 aromatic heterocycles. The molecule has 162 valence electrons. The van der Waals surface area contributed by atoms with Gasteiger partial charge in [0, 0.05) is 29.7 Å². The van der Waals surface area contributed by atoms with Crippen molar-refractivity contribution in [3.63, 3.8) is 0 Å². The van der Waals surface area contributed by atoms with Gasteiger partial charge < -0.3 is 19.4 Å². The van der Waals surface area contributed by atoms with Crippen molar-refractivity contribution in [1.29, 1.82) is 0 Å². The van der Waals surface area contributed by atoms with Gasteiger partial charge in [-0.1, -0.05) is 0 Å². The fourth-order valence-electron chi connectivity index (χ4n) is 4.69. The molecular formula is C22H29BrN4O3. The lowest BCUT2D eigenvalue weighted by molar-refractivity contribution is -0.143. The molecule has 2 aliphatic heterocycles. The summed E-state index contributed by atoms with van der Waals surface area (Å²) in [6.07, 6.45) is 4.46. The second kappa shape index (κ2) is 7.25. The molecule has 0 radical (unpaired) electrons. The number of hydrogen-bond donors (Lipinski definition) is 1. The highest BCUT2D eigenvalue weighted by molar-refractivity contribution is 9.10. The van der Waals surface area contributed by atoms with E-state index in [1.807, 2.05) is 63.5 Å². The number of pyridine rings is 1. The molecule has 3 aliphatic rings. The summed E-state index contributed by atoms with van der Waals surface area (Å²) in [5.41, 5.74) is -0.177. The molecule has 0 spiro atoms. The number of carbonyl (C=O) groups excluding carboxylic acids is 2. The minimum atomic E-state index is -0.626. The Morgan fingerprint density at radius 3 is 2.50 bits per heavy atom. The topological polar surface area (TPSA) is 75.9 Å². The second-order valence-electron chi connectivity index (χ2n) is 9.97. The minimum Gasteiger partial charge on any atom is -0.444 e. The molecular weight excluding hydrogens is 448 g/mol. The molecule has 2 saturated heterocycles. The van der Waals surface area contributed by atoms with E-state index in [9.17, 15) is 9.59 Å². The van der Waals surface area contributed by atoms with Gasteiger partial charge in [0.1, 0.15) is 11.4 Å². The van der Waals surface area contributed by atoms with Crippen molar-refractivity contribution < 1.29 is 14.3 Å². The highest BCUT2D eigenvalue weighted by Gasteiger charge is 2.52. The van der Waals surface area contributed by atoms with E-state index in [2.05, 4.69) is 26.2 Å². The zero-order chi connectivity index (χ0) is 21.8. The van der Waals surface area contributed by atoms with Crippen molar-refractivity contribution in [2.24, 2.45) is 17.8 Å². The van der Waals surface area contributed by atoms with Crippen LogP contribution < -0.4 is 5.32 Å². The zero-order valence-electron chi connectivity index (χ0n) is 18.1. The fraction of sp³-hybridized carbons (Fsp3) is 0.591. The Hall–Kier alpha value is -2.09. The van der Waals surface area contributed by atoms with Gasteiger partial charge in [-0.2, -0.15) is 0 Å². The van der Waals surface area contributed by atoms with Crippen LogP contribution in [0, 0.1) is 17.8 Å². The van der Waals surface area contributed by atoms with E-state index in [0.717, 1.165) is 22.2 Å². The van der Waals surface area contributed by atoms with Gasteiger partial charge in [-0.3, -0.25) is 4.79 Å². The third-order valence-electron chi connectivity index (χ3n) is 6.00. The van der Waals surface area contributed by atoms with E-state index >= 15 is 0 Å². The van der Waals surface area contributed by atoms with Crippen LogP contribution in [0.1, 0.15) is 46.9 Å². The lowest BCUT2D eigenvalue weighted by atomic mass is 9.61. The molecule has 2 amide bonds. The molecule has 0 aromatic carbocycles. The van der Waals surface area contributed by atoms with Gasteiger partial charge in [0.25, 0.3) is 0 Å². The van der Waals surface area contributed by atoms with Crippen LogP contribution in [0.25, 0.3) is 5.52 Å². The third kappa shape index (κ3) is 3.82. The highest BCUT2D eigenvalue weighted by atomic mass is 79.9. The van der Waals surface area contributed by atoms with E-state index in [0.29, 0.717) is 13.1 Å². The number of rotatable bonds is 3. The number of hydrogen-bond acceptors (Lipinski definition) is 4. The standard InChI is InChI=1S/C22H29BrN4O3/c1-21(2,3)30-20(29)26-11-13-9-14(12-26)17(13)18(28)25-22(4,5)19-24-10-16-15(23)7-6-8-27(16)19/h6-8,10,13-14,17H,9,11-12H2,1-5H3,(H,25,28)/t13-,14+,17?. The van der Waals surface area contributed by atoms with Crippen LogP contribution in [0.15, 0.2) is 29.0 Å². The average Bonchev–Trinajstić information content (AvgIpc) is 3.06. The Balaban J connectivity index is 1.44. The zero-order valence-corrected chi connectivity index (χ0v) is 19.7. The summed E-state index contributed by atoms with van der Waals surface area (Å²) in [7, 11) is 0. The molecule has 7 nitrogen and oxygen atoms in total. The number of amides is 2. The van der Waals surface area contributed by atoms with E-state index in [1.165, 1.54) is 0 Å². The SMILES string of the molecule is CC(C)(C)OC(=O)N1C[C@H]2C[C@@H](C1)C2C(=O)NC(C)(C)c1ncc2c(Br)cccn12. The van der Waals surface area contributed by atoms with Gasteiger partial charge in [-0.05, 0) is 80.9 Å². The summed E-state index contributed by atoms with van der Waals surface area (Å²) >= 11 is 3.55. The number of carbonyl (C=O) groups is 2. The van der Waals surface area contributed by atoms with Crippen molar-refractivity contribution in [2.75, 3.05) is 13.1 Å². The average molecular weight is 477 g/mol. The number of fused-ring (bicyclic) bond motifs is 3. The number of ether oxygens (including phenoxy) is 1. The predicted octanol–water partition coefficient (Wildman–Crippen LogP) is 3.95. The van der Waals surface area contributed by atoms with Crippen LogP contribution in [0.4, 0.5) is 4.79 Å². The maximum atomic E-state index is 13.2. The Morgan fingerprint density at radius 1 is 1.20 bits per heavy atom. The summed E-state index contributed by atoms with van der Waals surface area (Å²) < 4.78 is 8.45. The maximum absolute atomic E-state index is 13.2. The number of nitrogens with zero attached hydrogens (tertiary/aromatic N) is 3. The number of piperidine rings is 2. The molecule has 2 bridgehead atoms. The van der Waals surface area contributed by atoms with Gasteiger partial charge >= 0.3 is 6.09 Å². The van der Waals surface area contributed by atoms with Crippen LogP contribution in [0.3, 0.4) is 0 Å². The quantitative estimate of drug-likeness (QED) is 0.727. The lowest BCUT2D eigenvalue weighted by Crippen LogP contribution is -2.62. The molecule has 1 unspecified atom stereocenters. The van der Waals surface area contributed by atoms with Crippen molar-refractivity contribution >= 4 is 33.4 Å². The molecule has 1 N–H and O–H groups in total. The van der Waals surface area contributed by atoms with E-state index in [-0.39, 0.29) is 29.8 Å². The highest BCUT2D eigenvalue weighted by Crippen LogP contribution is 2.46. The smallest absolute Gasteiger partial charge is 0.410 e. The normalized spacial score (nSPS) is 23.8. The molecule has 2 aromatic rings. The lowest BCUT2D eigenvalue weighted by Gasteiger charge is -2.52. The first-order valence-electron chi connectivity index (χ1n) is 10.4. The first kappa shape index (κ1) is 21.2. The summed E-state index contributed by atoms with van der Waals surface area (Å²) in [5.74, 6) is 1.11. The van der Waals surface area contributed by atoms with Gasteiger partial charge in [-0.15, -0.1) is 0 Å².